The van der Waals surface area contributed by atoms with Crippen molar-refractivity contribution in [3.8, 4) is 0 Å². The molecule has 1 rings (SSSR count). The second kappa shape index (κ2) is 2.20. The molecule has 0 unspecified atom stereocenters. The molecule has 58 valence electrons. The van der Waals surface area contributed by atoms with Crippen LogP contribution in [0.2, 0.25) is 0 Å². The van der Waals surface area contributed by atoms with E-state index in [1.807, 2.05) is 0 Å². The number of nitrogens with one attached hydrogen (secondary N) is 1. The molecule has 0 aromatic heterocycles. The van der Waals surface area contributed by atoms with Crippen molar-refractivity contribution in [1.29, 1.82) is 0 Å². The summed E-state index contributed by atoms with van der Waals surface area (Å²) in [5.41, 5.74) is -0.973. The summed E-state index contributed by atoms with van der Waals surface area (Å²) in [7, 11) is 1.54. The molecule has 1 aliphatic carbocycles. The first-order valence-corrected chi connectivity index (χ1v) is 3.17. The van der Waals surface area contributed by atoms with Gasteiger partial charge in [-0.2, -0.15) is 0 Å². The molecule has 0 bridgehead atoms. The number of alkyl halides is 1. The van der Waals surface area contributed by atoms with Crippen LogP contribution >= 0.6 is 0 Å². The van der Waals surface area contributed by atoms with Gasteiger partial charge >= 0.3 is 5.97 Å². The van der Waals surface area contributed by atoms with Crippen molar-refractivity contribution in [2.75, 3.05) is 7.05 Å². The Morgan fingerprint density at radius 2 is 2.30 bits per heavy atom. The molecule has 0 heterocycles. The van der Waals surface area contributed by atoms with Crippen LogP contribution in [0.4, 0.5) is 4.39 Å². The van der Waals surface area contributed by atoms with Gasteiger partial charge in [-0.1, -0.05) is 0 Å². The number of carboxylic acid groups (broad SMARTS) is 1. The Kier molecular flexibility index (Phi) is 1.64. The smallest absolute Gasteiger partial charge is 0.324 e. The Labute approximate surface area is 58.2 Å². The van der Waals surface area contributed by atoms with E-state index in [4.69, 9.17) is 5.11 Å². The fraction of sp³-hybridized carbons (Fsp3) is 0.833. The number of carboxylic acids is 1. The van der Waals surface area contributed by atoms with E-state index in [1.54, 1.807) is 7.05 Å². The molecule has 0 aromatic rings. The van der Waals surface area contributed by atoms with E-state index in [0.717, 1.165) is 0 Å². The topological polar surface area (TPSA) is 49.3 Å². The zero-order valence-electron chi connectivity index (χ0n) is 5.72. The van der Waals surface area contributed by atoms with Crippen molar-refractivity contribution in [2.24, 2.45) is 0 Å². The highest BCUT2D eigenvalue weighted by molar-refractivity contribution is 5.80. The van der Waals surface area contributed by atoms with Crippen LogP contribution in [0, 0.1) is 0 Å². The summed E-state index contributed by atoms with van der Waals surface area (Å²) in [6.45, 7) is 0. The average Bonchev–Trinajstić information content (AvgIpc) is 1.79. The zero-order chi connectivity index (χ0) is 7.78. The van der Waals surface area contributed by atoms with Crippen LogP contribution in [0.5, 0.6) is 0 Å². The van der Waals surface area contributed by atoms with Gasteiger partial charge in [0, 0.05) is 12.8 Å². The lowest BCUT2D eigenvalue weighted by Gasteiger charge is -2.39. The van der Waals surface area contributed by atoms with Gasteiger partial charge in [-0.25, -0.2) is 4.39 Å². The highest BCUT2D eigenvalue weighted by atomic mass is 18.2. The van der Waals surface area contributed by atoms with E-state index in [9.17, 15) is 9.18 Å². The summed E-state index contributed by atoms with van der Waals surface area (Å²) in [6, 6.07) is 0. The van der Waals surface area contributed by atoms with Crippen LogP contribution in [0.1, 0.15) is 12.8 Å². The Balaban J connectivity index is 2.56. The molecule has 0 amide bonds. The number of likely N-dealkylation sites (N-methyl/N-ethyl adjacent to an activating group) is 1. The van der Waals surface area contributed by atoms with Gasteiger partial charge in [0.25, 0.3) is 0 Å². The SMILES string of the molecule is CNC1(C(=O)O)CC([18F])C1. The predicted molar refractivity (Wildman–Crippen MR) is 33.6 cm³/mol. The number of hydrogen-bond acceptors (Lipinski definition) is 2. The lowest BCUT2D eigenvalue weighted by molar-refractivity contribution is -0.151. The minimum atomic E-state index is -0.973. The second-order valence-electron chi connectivity index (χ2n) is 2.64. The van der Waals surface area contributed by atoms with Gasteiger partial charge in [-0.05, 0) is 7.05 Å². The van der Waals surface area contributed by atoms with Gasteiger partial charge in [-0.15, -0.1) is 0 Å². The van der Waals surface area contributed by atoms with Crippen molar-refractivity contribution >= 4 is 5.97 Å². The van der Waals surface area contributed by atoms with Crippen molar-refractivity contribution in [3.05, 3.63) is 0 Å². The summed E-state index contributed by atoms with van der Waals surface area (Å²) in [5, 5.41) is 11.2. The van der Waals surface area contributed by atoms with Crippen LogP contribution in [0.15, 0.2) is 0 Å². The molecule has 3 nitrogen and oxygen atoms in total. The van der Waals surface area contributed by atoms with Gasteiger partial charge in [0.2, 0.25) is 0 Å². The molecule has 2 N–H and O–H groups in total. The van der Waals surface area contributed by atoms with E-state index in [1.165, 1.54) is 0 Å². The van der Waals surface area contributed by atoms with E-state index in [0.29, 0.717) is 0 Å². The third-order valence-electron chi connectivity index (χ3n) is 2.03. The average molecular weight is 146 g/mol. The molecule has 0 saturated heterocycles. The number of rotatable bonds is 2. The standard InChI is InChI=1S/C6H10FNO2/c1-8-6(5(9)10)2-4(7)3-6/h4,8H,2-3H2,1H3,(H,9,10)/i7-1. The summed E-state index contributed by atoms with van der Waals surface area (Å²) >= 11 is 0. The van der Waals surface area contributed by atoms with Gasteiger partial charge in [0.15, 0.2) is 0 Å². The highest BCUT2D eigenvalue weighted by Gasteiger charge is 2.49. The molecule has 1 fully saturated rings. The molecule has 1 saturated carbocycles. The van der Waals surface area contributed by atoms with Gasteiger partial charge < -0.3 is 10.4 Å². The third kappa shape index (κ3) is 0.883. The molecule has 0 aliphatic heterocycles. The van der Waals surface area contributed by atoms with Crippen molar-refractivity contribution in [1.82, 2.24) is 5.32 Å². The van der Waals surface area contributed by atoms with E-state index >= 15 is 0 Å². The third-order valence-corrected chi connectivity index (χ3v) is 2.03. The molecule has 1 aliphatic rings. The summed E-state index contributed by atoms with van der Waals surface area (Å²) in [6.07, 6.45) is -0.749. The number of hydrogen-bond donors (Lipinski definition) is 2. The molecular formula is C6H10FNO2. The van der Waals surface area contributed by atoms with E-state index in [-0.39, 0.29) is 12.8 Å². The first-order valence-electron chi connectivity index (χ1n) is 3.17. The molecular weight excluding hydrogens is 136 g/mol. The molecule has 0 atom stereocenters. The van der Waals surface area contributed by atoms with Crippen LogP contribution in [0.25, 0.3) is 0 Å². The first kappa shape index (κ1) is 7.47. The fourth-order valence-electron chi connectivity index (χ4n) is 1.18. The van der Waals surface area contributed by atoms with Gasteiger partial charge in [-0.3, -0.25) is 4.79 Å². The number of aliphatic carboxylic acids is 1. The lowest BCUT2D eigenvalue weighted by Crippen LogP contribution is -2.60. The minimum absolute atomic E-state index is 0.0961. The van der Waals surface area contributed by atoms with Crippen LogP contribution in [-0.2, 0) is 4.79 Å². The highest BCUT2D eigenvalue weighted by Crippen LogP contribution is 2.34. The normalized spacial score (nSPS) is 38.8. The lowest BCUT2D eigenvalue weighted by atomic mass is 9.75. The molecule has 0 spiro atoms. The molecule has 0 aromatic carbocycles. The Hall–Kier alpha value is -0.640. The minimum Gasteiger partial charge on any atom is -0.480 e. The Morgan fingerprint density at radius 1 is 1.80 bits per heavy atom. The summed E-state index contributed by atoms with van der Waals surface area (Å²) < 4.78 is 12.3. The Morgan fingerprint density at radius 3 is 2.40 bits per heavy atom. The zero-order valence-corrected chi connectivity index (χ0v) is 5.72. The van der Waals surface area contributed by atoms with Crippen molar-refractivity contribution < 1.29 is 14.3 Å². The second-order valence-corrected chi connectivity index (χ2v) is 2.64. The van der Waals surface area contributed by atoms with Gasteiger partial charge in [0.05, 0.1) is 0 Å². The maximum atomic E-state index is 12.3. The molecule has 4 heteroatoms. The van der Waals surface area contributed by atoms with Gasteiger partial charge in [0.1, 0.15) is 11.7 Å². The number of carbonyl (C=O) groups is 1. The van der Waals surface area contributed by atoms with Crippen molar-refractivity contribution in [3.63, 3.8) is 0 Å². The van der Waals surface area contributed by atoms with E-state index in [2.05, 4.69) is 5.32 Å². The monoisotopic (exact) mass is 146 g/mol. The van der Waals surface area contributed by atoms with Crippen molar-refractivity contribution in [2.45, 2.75) is 24.6 Å². The molecule has 0 radical (unpaired) electrons. The summed E-state index contributed by atoms with van der Waals surface area (Å²) in [4.78, 5) is 10.5. The summed E-state index contributed by atoms with van der Waals surface area (Å²) in [5.74, 6) is -0.955. The van der Waals surface area contributed by atoms with Crippen LogP contribution < -0.4 is 5.32 Å². The largest absolute Gasteiger partial charge is 0.480 e. The number of halogens is 1. The maximum absolute atomic E-state index is 12.3. The van der Waals surface area contributed by atoms with Crippen LogP contribution in [-0.4, -0.2) is 29.8 Å². The molecule has 10 heavy (non-hydrogen) atoms. The van der Waals surface area contributed by atoms with E-state index < -0.39 is 17.7 Å². The van der Waals surface area contributed by atoms with Crippen LogP contribution in [0.3, 0.4) is 0 Å². The quantitative estimate of drug-likeness (QED) is 0.583. The predicted octanol–water partition coefficient (Wildman–Crippen LogP) is 0.161. The first-order chi connectivity index (χ1) is 4.60. The fourth-order valence-corrected chi connectivity index (χ4v) is 1.18. The maximum Gasteiger partial charge on any atom is 0.324 e. The Bertz CT molecular complexity index is 154.